The van der Waals surface area contributed by atoms with Gasteiger partial charge in [0.25, 0.3) is 0 Å². The first kappa shape index (κ1) is 16.5. The maximum atomic E-state index is 12.3. The van der Waals surface area contributed by atoms with Crippen LogP contribution in [0, 0.1) is 12.8 Å². The van der Waals surface area contributed by atoms with Crippen molar-refractivity contribution in [3.63, 3.8) is 0 Å². The molecule has 2 heterocycles. The van der Waals surface area contributed by atoms with E-state index in [-0.39, 0.29) is 11.8 Å². The van der Waals surface area contributed by atoms with Crippen LogP contribution < -0.4 is 0 Å². The number of amides is 1. The molecule has 3 rings (SSSR count). The topological polar surface area (TPSA) is 69.2 Å². The summed E-state index contributed by atoms with van der Waals surface area (Å²) < 4.78 is 0. The summed E-state index contributed by atoms with van der Waals surface area (Å²) in [6.07, 6.45) is 7.67. The van der Waals surface area contributed by atoms with Gasteiger partial charge in [-0.1, -0.05) is 24.3 Å². The van der Waals surface area contributed by atoms with Gasteiger partial charge >= 0.3 is 0 Å². The first-order valence-corrected chi connectivity index (χ1v) is 8.31. The van der Waals surface area contributed by atoms with Crippen LogP contribution in [0.5, 0.6) is 0 Å². The number of aliphatic hydroxyl groups is 1. The van der Waals surface area contributed by atoms with Gasteiger partial charge in [0, 0.05) is 19.2 Å². The molecule has 2 atom stereocenters. The van der Waals surface area contributed by atoms with Gasteiger partial charge in [0.2, 0.25) is 5.91 Å². The summed E-state index contributed by atoms with van der Waals surface area (Å²) in [4.78, 5) is 20.8. The quantitative estimate of drug-likeness (QED) is 0.847. The first-order valence-electron chi connectivity index (χ1n) is 8.31. The van der Waals surface area contributed by atoms with Gasteiger partial charge in [-0.05, 0) is 42.9 Å². The van der Waals surface area contributed by atoms with E-state index in [2.05, 4.69) is 29.0 Å². The van der Waals surface area contributed by atoms with Crippen molar-refractivity contribution in [1.29, 1.82) is 0 Å². The molecule has 0 aliphatic carbocycles. The Hall–Kier alpha value is -2.40. The number of aromatic amines is 1. The van der Waals surface area contributed by atoms with Crippen LogP contribution in [-0.4, -0.2) is 45.1 Å². The van der Waals surface area contributed by atoms with E-state index in [1.165, 1.54) is 17.2 Å². The van der Waals surface area contributed by atoms with Crippen molar-refractivity contribution < 1.29 is 9.90 Å². The molecule has 1 aliphatic rings. The molecule has 0 bridgehead atoms. The summed E-state index contributed by atoms with van der Waals surface area (Å²) in [5, 5.41) is 10.5. The lowest BCUT2D eigenvalue weighted by atomic mass is 9.86. The minimum Gasteiger partial charge on any atom is -0.391 e. The summed E-state index contributed by atoms with van der Waals surface area (Å²) >= 11 is 0. The van der Waals surface area contributed by atoms with Crippen molar-refractivity contribution in [2.75, 3.05) is 13.1 Å². The van der Waals surface area contributed by atoms with Crippen LogP contribution in [-0.2, 0) is 11.2 Å². The fourth-order valence-electron chi connectivity index (χ4n) is 3.16. The summed E-state index contributed by atoms with van der Waals surface area (Å²) in [5.74, 6) is 0.129. The summed E-state index contributed by atoms with van der Waals surface area (Å²) in [6.45, 7) is 3.17. The highest BCUT2D eigenvalue weighted by Gasteiger charge is 2.29. The number of H-pyrrole nitrogens is 1. The largest absolute Gasteiger partial charge is 0.391 e. The molecular weight excluding hydrogens is 302 g/mol. The highest BCUT2D eigenvalue weighted by atomic mass is 16.3. The van der Waals surface area contributed by atoms with E-state index in [1.54, 1.807) is 23.5 Å². The number of aliphatic hydroxyl groups excluding tert-OH is 1. The van der Waals surface area contributed by atoms with E-state index >= 15 is 0 Å². The number of carbonyl (C=O) groups is 1. The molecule has 126 valence electrons. The van der Waals surface area contributed by atoms with Gasteiger partial charge in [-0.2, -0.15) is 0 Å². The standard InChI is InChI=1S/C19H23N3O2/c1-14-4-2-3-5-15(14)10-16-8-9-22(12-18(16)23)19(24)7-6-17-11-20-13-21-17/h2-7,11,13,16,18,23H,8-10,12H2,1H3,(H,20,21)/b7-6+/t16-,18+/m1/s1. The van der Waals surface area contributed by atoms with Gasteiger partial charge < -0.3 is 15.0 Å². The molecule has 1 aromatic heterocycles. The number of nitrogens with zero attached hydrogens (tertiary/aromatic N) is 2. The lowest BCUT2D eigenvalue weighted by Crippen LogP contribution is -2.46. The summed E-state index contributed by atoms with van der Waals surface area (Å²) in [6, 6.07) is 8.28. The van der Waals surface area contributed by atoms with E-state index in [4.69, 9.17) is 0 Å². The highest BCUT2D eigenvalue weighted by Crippen LogP contribution is 2.24. The maximum Gasteiger partial charge on any atom is 0.246 e. The van der Waals surface area contributed by atoms with Crippen molar-refractivity contribution in [2.24, 2.45) is 5.92 Å². The molecule has 1 aromatic carbocycles. The number of rotatable bonds is 4. The Bertz CT molecular complexity index is 709. The zero-order chi connectivity index (χ0) is 16.9. The number of likely N-dealkylation sites (tertiary alicyclic amines) is 1. The van der Waals surface area contributed by atoms with Crippen LogP contribution in [0.3, 0.4) is 0 Å². The fourth-order valence-corrected chi connectivity index (χ4v) is 3.16. The number of piperidine rings is 1. The monoisotopic (exact) mass is 325 g/mol. The van der Waals surface area contributed by atoms with Crippen LogP contribution >= 0.6 is 0 Å². The Labute approximate surface area is 142 Å². The van der Waals surface area contributed by atoms with Crippen molar-refractivity contribution in [1.82, 2.24) is 14.9 Å². The molecular formula is C19H23N3O2. The van der Waals surface area contributed by atoms with Crippen LogP contribution in [0.15, 0.2) is 42.9 Å². The van der Waals surface area contributed by atoms with Crippen molar-refractivity contribution >= 4 is 12.0 Å². The zero-order valence-electron chi connectivity index (χ0n) is 13.9. The Kier molecular flexibility index (Phi) is 5.11. The Balaban J connectivity index is 1.57. The van der Waals surface area contributed by atoms with Crippen molar-refractivity contribution in [3.05, 3.63) is 59.7 Å². The van der Waals surface area contributed by atoms with E-state index in [1.807, 2.05) is 12.1 Å². The van der Waals surface area contributed by atoms with Crippen LogP contribution in [0.25, 0.3) is 6.08 Å². The minimum atomic E-state index is -0.483. The van der Waals surface area contributed by atoms with Crippen molar-refractivity contribution in [3.8, 4) is 0 Å². The molecule has 1 saturated heterocycles. The number of benzene rings is 1. The highest BCUT2D eigenvalue weighted by molar-refractivity contribution is 5.91. The average Bonchev–Trinajstić information content (AvgIpc) is 3.10. The Morgan fingerprint density at radius 2 is 2.29 bits per heavy atom. The second kappa shape index (κ2) is 7.45. The number of β-amino-alcohol motifs (C(OH)–C–C–N with tert-alkyl or cyclic N) is 1. The number of hydrogen-bond acceptors (Lipinski definition) is 3. The number of hydrogen-bond donors (Lipinski definition) is 2. The predicted molar refractivity (Wildman–Crippen MR) is 93.2 cm³/mol. The average molecular weight is 325 g/mol. The second-order valence-corrected chi connectivity index (χ2v) is 6.37. The molecule has 5 heteroatoms. The lowest BCUT2D eigenvalue weighted by molar-refractivity contribution is -0.130. The third kappa shape index (κ3) is 3.92. The van der Waals surface area contributed by atoms with E-state index in [9.17, 15) is 9.90 Å². The van der Waals surface area contributed by atoms with Gasteiger partial charge in [0.05, 0.1) is 24.3 Å². The van der Waals surface area contributed by atoms with Gasteiger partial charge in [0.15, 0.2) is 0 Å². The molecule has 2 aromatic rings. The molecule has 1 aliphatic heterocycles. The van der Waals surface area contributed by atoms with Gasteiger partial charge in [0.1, 0.15) is 0 Å². The SMILES string of the molecule is Cc1ccccc1C[C@H]1CCN(C(=O)/C=C/c2cnc[nH]2)C[C@@H]1O. The van der Waals surface area contributed by atoms with Gasteiger partial charge in [-0.3, -0.25) is 4.79 Å². The van der Waals surface area contributed by atoms with E-state index in [0.29, 0.717) is 13.1 Å². The Morgan fingerprint density at radius 1 is 1.46 bits per heavy atom. The molecule has 0 unspecified atom stereocenters. The number of imidazole rings is 1. The molecule has 1 fully saturated rings. The van der Waals surface area contributed by atoms with Crippen molar-refractivity contribution in [2.45, 2.75) is 25.9 Å². The zero-order valence-corrected chi connectivity index (χ0v) is 13.9. The first-order chi connectivity index (χ1) is 11.6. The minimum absolute atomic E-state index is 0.0713. The maximum absolute atomic E-state index is 12.3. The molecule has 5 nitrogen and oxygen atoms in total. The Morgan fingerprint density at radius 3 is 3.00 bits per heavy atom. The number of nitrogens with one attached hydrogen (secondary N) is 1. The number of aryl methyl sites for hydroxylation is 1. The smallest absolute Gasteiger partial charge is 0.246 e. The summed E-state index contributed by atoms with van der Waals surface area (Å²) in [7, 11) is 0. The molecule has 2 N–H and O–H groups in total. The molecule has 0 saturated carbocycles. The summed E-state index contributed by atoms with van der Waals surface area (Å²) in [5.41, 5.74) is 3.32. The molecule has 0 radical (unpaired) electrons. The van der Waals surface area contributed by atoms with Gasteiger partial charge in [-0.25, -0.2) is 4.98 Å². The van der Waals surface area contributed by atoms with Crippen LogP contribution in [0.1, 0.15) is 23.2 Å². The van der Waals surface area contributed by atoms with Crippen LogP contribution in [0.2, 0.25) is 0 Å². The normalized spacial score (nSPS) is 21.3. The predicted octanol–water partition coefficient (Wildman–Crippen LogP) is 2.18. The second-order valence-electron chi connectivity index (χ2n) is 6.37. The number of aromatic nitrogens is 2. The van der Waals surface area contributed by atoms with E-state index in [0.717, 1.165) is 18.5 Å². The number of carbonyl (C=O) groups excluding carboxylic acids is 1. The third-order valence-electron chi connectivity index (χ3n) is 4.70. The fraction of sp³-hybridized carbons (Fsp3) is 0.368. The van der Waals surface area contributed by atoms with Gasteiger partial charge in [-0.15, -0.1) is 0 Å². The molecule has 0 spiro atoms. The van der Waals surface area contributed by atoms with Crippen LogP contribution in [0.4, 0.5) is 0 Å². The lowest BCUT2D eigenvalue weighted by Gasteiger charge is -2.35. The van der Waals surface area contributed by atoms with E-state index < -0.39 is 6.10 Å². The molecule has 1 amide bonds. The third-order valence-corrected chi connectivity index (χ3v) is 4.70. The molecule has 24 heavy (non-hydrogen) atoms.